The number of aromatic amines is 1. The Morgan fingerprint density at radius 2 is 2.05 bits per heavy atom. The normalized spacial score (nSPS) is 10.1. The van der Waals surface area contributed by atoms with Crippen LogP contribution in [0.25, 0.3) is 0 Å². The number of H-pyrrole nitrogens is 1. The highest BCUT2D eigenvalue weighted by atomic mass is 16.4. The number of aromatic carboxylic acids is 1. The number of rotatable bonds is 3. The second kappa shape index (κ2) is 5.35. The lowest BCUT2D eigenvalue weighted by Crippen LogP contribution is -2.23. The lowest BCUT2D eigenvalue weighted by atomic mass is 10.2. The minimum Gasteiger partial charge on any atom is -0.477 e. The lowest BCUT2D eigenvalue weighted by molar-refractivity contribution is 0.0690. The van der Waals surface area contributed by atoms with Gasteiger partial charge in [0.2, 0.25) is 0 Å². The molecule has 0 saturated heterocycles. The summed E-state index contributed by atoms with van der Waals surface area (Å²) in [7, 11) is 0. The highest BCUT2D eigenvalue weighted by molar-refractivity contribution is 6.04. The number of carbonyl (C=O) groups is 2. The fourth-order valence-electron chi connectivity index (χ4n) is 1.57. The number of carboxylic acids is 1. The van der Waals surface area contributed by atoms with Gasteiger partial charge < -0.3 is 15.4 Å². The maximum Gasteiger partial charge on any atom is 0.354 e. The summed E-state index contributed by atoms with van der Waals surface area (Å²) in [5, 5.41) is 11.3. The smallest absolute Gasteiger partial charge is 0.354 e. The third kappa shape index (κ3) is 2.89. The number of anilines is 1. The molecular weight excluding hydrogens is 262 g/mol. The predicted molar refractivity (Wildman–Crippen MR) is 70.9 cm³/mol. The summed E-state index contributed by atoms with van der Waals surface area (Å²) < 4.78 is 0. The van der Waals surface area contributed by atoms with E-state index in [1.807, 2.05) is 0 Å². The van der Waals surface area contributed by atoms with E-state index in [1.165, 1.54) is 24.4 Å². The molecule has 0 bridgehead atoms. The summed E-state index contributed by atoms with van der Waals surface area (Å²) in [6.45, 7) is 1.70. The van der Waals surface area contributed by atoms with Gasteiger partial charge in [-0.1, -0.05) is 0 Å². The Morgan fingerprint density at radius 1 is 1.30 bits per heavy atom. The summed E-state index contributed by atoms with van der Waals surface area (Å²) in [6, 6.07) is 5.66. The van der Waals surface area contributed by atoms with Gasteiger partial charge in [0, 0.05) is 17.6 Å². The molecule has 7 heteroatoms. The molecule has 2 heterocycles. The molecular formula is C13H11N3O4. The number of hydrogen-bond donors (Lipinski definition) is 3. The monoisotopic (exact) mass is 273 g/mol. The molecule has 0 radical (unpaired) electrons. The summed E-state index contributed by atoms with van der Waals surface area (Å²) in [5.41, 5.74) is 0.144. The van der Waals surface area contributed by atoms with Gasteiger partial charge in [0.05, 0.1) is 0 Å². The minimum absolute atomic E-state index is 0.0516. The van der Waals surface area contributed by atoms with E-state index in [2.05, 4.69) is 15.3 Å². The molecule has 0 spiro atoms. The molecule has 7 nitrogen and oxygen atoms in total. The molecule has 2 rings (SSSR count). The van der Waals surface area contributed by atoms with Crippen LogP contribution in [0.1, 0.15) is 26.5 Å². The Kier molecular flexibility index (Phi) is 3.60. The van der Waals surface area contributed by atoms with Crippen molar-refractivity contribution < 1.29 is 14.7 Å². The predicted octanol–water partition coefficient (Wildman–Crippen LogP) is 1.03. The minimum atomic E-state index is -1.20. The standard InChI is InChI=1S/C13H11N3O4/c1-7-2-3-9(11(17)15-7)12(18)16-8-4-5-14-10(6-8)13(19)20/h2-6H,1H3,(H,15,17)(H,19,20)(H,14,16,18). The molecule has 3 N–H and O–H groups in total. The van der Waals surface area contributed by atoms with E-state index in [4.69, 9.17) is 5.11 Å². The molecule has 0 fully saturated rings. The Hall–Kier alpha value is -2.96. The van der Waals surface area contributed by atoms with Crippen LogP contribution in [-0.4, -0.2) is 27.0 Å². The first kappa shape index (κ1) is 13.5. The Morgan fingerprint density at radius 3 is 2.70 bits per heavy atom. The van der Waals surface area contributed by atoms with Crippen LogP contribution in [0.2, 0.25) is 0 Å². The average molecular weight is 273 g/mol. The Balaban J connectivity index is 2.25. The van der Waals surface area contributed by atoms with Crippen molar-refractivity contribution in [1.29, 1.82) is 0 Å². The van der Waals surface area contributed by atoms with Crippen molar-refractivity contribution in [2.24, 2.45) is 0 Å². The molecule has 0 unspecified atom stereocenters. The van der Waals surface area contributed by atoms with E-state index < -0.39 is 17.4 Å². The van der Waals surface area contributed by atoms with Crippen molar-refractivity contribution in [2.45, 2.75) is 6.92 Å². The third-order valence-corrected chi connectivity index (χ3v) is 2.54. The largest absolute Gasteiger partial charge is 0.477 e. The van der Waals surface area contributed by atoms with Crippen LogP contribution in [0.5, 0.6) is 0 Å². The van der Waals surface area contributed by atoms with Crippen LogP contribution < -0.4 is 10.9 Å². The number of nitrogens with zero attached hydrogens (tertiary/aromatic N) is 1. The zero-order valence-electron chi connectivity index (χ0n) is 10.5. The first-order chi connectivity index (χ1) is 9.47. The van der Waals surface area contributed by atoms with Gasteiger partial charge in [-0.05, 0) is 31.2 Å². The highest BCUT2D eigenvalue weighted by Crippen LogP contribution is 2.09. The summed E-state index contributed by atoms with van der Waals surface area (Å²) >= 11 is 0. The van der Waals surface area contributed by atoms with E-state index in [0.29, 0.717) is 5.69 Å². The SMILES string of the molecule is Cc1ccc(C(=O)Nc2ccnc(C(=O)O)c2)c(=O)[nH]1. The first-order valence-corrected chi connectivity index (χ1v) is 5.68. The number of carbonyl (C=O) groups excluding carboxylic acids is 1. The van der Waals surface area contributed by atoms with Crippen LogP contribution in [0, 0.1) is 6.92 Å². The van der Waals surface area contributed by atoms with Gasteiger partial charge in [0.1, 0.15) is 11.3 Å². The number of nitrogens with one attached hydrogen (secondary N) is 2. The number of carboxylic acid groups (broad SMARTS) is 1. The van der Waals surface area contributed by atoms with Crippen LogP contribution in [0.3, 0.4) is 0 Å². The second-order valence-corrected chi connectivity index (χ2v) is 4.07. The summed E-state index contributed by atoms with van der Waals surface area (Å²) in [6.07, 6.45) is 1.26. The van der Waals surface area contributed by atoms with Gasteiger partial charge in [-0.25, -0.2) is 9.78 Å². The van der Waals surface area contributed by atoms with Crippen LogP contribution in [0.15, 0.2) is 35.3 Å². The summed E-state index contributed by atoms with van der Waals surface area (Å²) in [4.78, 5) is 40.5. The molecule has 2 aromatic rings. The number of aryl methyl sites for hydroxylation is 1. The molecule has 1 amide bonds. The van der Waals surface area contributed by atoms with E-state index in [1.54, 1.807) is 13.0 Å². The van der Waals surface area contributed by atoms with Crippen molar-refractivity contribution in [2.75, 3.05) is 5.32 Å². The summed E-state index contributed by atoms with van der Waals surface area (Å²) in [5.74, 6) is -1.82. The quantitative estimate of drug-likeness (QED) is 0.773. The zero-order chi connectivity index (χ0) is 14.7. The van der Waals surface area contributed by atoms with Gasteiger partial charge in [0.15, 0.2) is 0 Å². The van der Waals surface area contributed by atoms with Crippen LogP contribution in [-0.2, 0) is 0 Å². The third-order valence-electron chi connectivity index (χ3n) is 2.54. The van der Waals surface area contributed by atoms with Crippen LogP contribution >= 0.6 is 0 Å². The van der Waals surface area contributed by atoms with Crippen LogP contribution in [0.4, 0.5) is 5.69 Å². The molecule has 0 atom stereocenters. The topological polar surface area (TPSA) is 112 Å². The molecule has 102 valence electrons. The van der Waals surface area contributed by atoms with Gasteiger partial charge in [-0.2, -0.15) is 0 Å². The van der Waals surface area contributed by atoms with E-state index in [9.17, 15) is 14.4 Å². The lowest BCUT2D eigenvalue weighted by Gasteiger charge is -2.05. The second-order valence-electron chi connectivity index (χ2n) is 4.07. The van der Waals surface area contributed by atoms with Crippen molar-refractivity contribution in [3.05, 3.63) is 57.8 Å². The fourth-order valence-corrected chi connectivity index (χ4v) is 1.57. The van der Waals surface area contributed by atoms with E-state index in [-0.39, 0.29) is 16.9 Å². The zero-order valence-corrected chi connectivity index (χ0v) is 10.5. The highest BCUT2D eigenvalue weighted by Gasteiger charge is 2.12. The van der Waals surface area contributed by atoms with Crippen molar-refractivity contribution in [3.63, 3.8) is 0 Å². The number of aromatic nitrogens is 2. The molecule has 0 aliphatic carbocycles. The maximum absolute atomic E-state index is 11.9. The van der Waals surface area contributed by atoms with Gasteiger partial charge in [0.25, 0.3) is 11.5 Å². The molecule has 0 aliphatic heterocycles. The molecule has 2 aromatic heterocycles. The van der Waals surface area contributed by atoms with Gasteiger partial charge >= 0.3 is 5.97 Å². The number of hydrogen-bond acceptors (Lipinski definition) is 4. The van der Waals surface area contributed by atoms with Gasteiger partial charge in [-0.3, -0.25) is 9.59 Å². The molecule has 0 aliphatic rings. The Labute approximate surface area is 113 Å². The van der Waals surface area contributed by atoms with Gasteiger partial charge in [-0.15, -0.1) is 0 Å². The van der Waals surface area contributed by atoms with E-state index >= 15 is 0 Å². The fraction of sp³-hybridized carbons (Fsp3) is 0.0769. The average Bonchev–Trinajstić information content (AvgIpc) is 2.38. The molecule has 0 aromatic carbocycles. The number of pyridine rings is 2. The van der Waals surface area contributed by atoms with E-state index in [0.717, 1.165) is 0 Å². The first-order valence-electron chi connectivity index (χ1n) is 5.68. The number of amides is 1. The van der Waals surface area contributed by atoms with Crippen molar-refractivity contribution in [3.8, 4) is 0 Å². The Bertz CT molecular complexity index is 736. The van der Waals surface area contributed by atoms with Crippen molar-refractivity contribution in [1.82, 2.24) is 9.97 Å². The molecule has 20 heavy (non-hydrogen) atoms. The van der Waals surface area contributed by atoms with Crippen molar-refractivity contribution >= 4 is 17.6 Å². The molecule has 0 saturated carbocycles. The maximum atomic E-state index is 11.9.